The molecule has 0 spiro atoms. The van der Waals surface area contributed by atoms with Crippen LogP contribution in [0.3, 0.4) is 0 Å². The van der Waals surface area contributed by atoms with Crippen LogP contribution in [0, 0.1) is 5.92 Å². The number of nitrogens with one attached hydrogen (secondary N) is 8. The summed E-state index contributed by atoms with van der Waals surface area (Å²) in [6.07, 6.45) is 2.12. The maximum atomic E-state index is 14.9. The number of unbranched alkanes of at least 4 members (excludes halogenated alkanes) is 1. The lowest BCUT2D eigenvalue weighted by Crippen LogP contribution is -2.62. The number of primary amides is 2. The molecule has 4 bridgehead atoms. The van der Waals surface area contributed by atoms with Gasteiger partial charge in [0.25, 0.3) is 5.91 Å². The number of benzene rings is 1. The topological polar surface area (TPSA) is 428 Å². The molecular formula is C55H84N12O16S2. The summed E-state index contributed by atoms with van der Waals surface area (Å²) in [4.78, 5) is 170. The van der Waals surface area contributed by atoms with Gasteiger partial charge in [0, 0.05) is 36.0 Å². The number of amides is 11. The zero-order valence-electron chi connectivity index (χ0n) is 48.8. The van der Waals surface area contributed by atoms with E-state index in [4.69, 9.17) is 21.0 Å². The molecule has 11 atom stereocenters. The highest BCUT2D eigenvalue weighted by atomic mass is 32.2. The van der Waals surface area contributed by atoms with Crippen molar-refractivity contribution in [1.82, 2.24) is 47.4 Å². The molecule has 0 unspecified atom stereocenters. The largest absolute Gasteiger partial charge is 0.494 e. The maximum absolute atomic E-state index is 14.9. The van der Waals surface area contributed by atoms with E-state index in [0.717, 1.165) is 24.6 Å². The van der Waals surface area contributed by atoms with Crippen molar-refractivity contribution < 1.29 is 77.3 Å². The molecule has 1 aromatic carbocycles. The van der Waals surface area contributed by atoms with Crippen molar-refractivity contribution in [2.24, 2.45) is 22.5 Å². The van der Waals surface area contributed by atoms with Crippen LogP contribution in [0.5, 0.6) is 5.75 Å². The number of nitrogens with two attached hydrogens (primary N) is 2. The number of aliphatic hydroxyl groups is 1. The number of carbonyl (C=O) groups excluding carboxylic acids is 11. The molecule has 0 saturated carbocycles. The molecule has 85 heavy (non-hydrogen) atoms. The number of hydrogen-bond donors (Lipinski definition) is 12. The number of nitrogens with zero attached hydrogens (tertiary/aromatic N) is 2. The summed E-state index contributed by atoms with van der Waals surface area (Å²) in [6, 6.07) is -7.50. The lowest BCUT2D eigenvalue weighted by atomic mass is 9.97. The minimum absolute atomic E-state index is 0.00845. The Kier molecular flexibility index (Phi) is 29.7. The van der Waals surface area contributed by atoms with E-state index < -0.39 is 144 Å². The minimum Gasteiger partial charge on any atom is -0.494 e. The fraction of sp³-hybridized carbons (Fsp3) is 0.655. The third-order valence-electron chi connectivity index (χ3n) is 14.3. The molecule has 4 rings (SSSR count). The molecule has 3 heterocycles. The first kappa shape index (κ1) is 70.3. The van der Waals surface area contributed by atoms with Crippen LogP contribution in [0.1, 0.15) is 129 Å². The minimum atomic E-state index is -1.81. The number of rotatable bonds is 12. The number of carbonyl (C=O) groups is 12. The lowest BCUT2D eigenvalue weighted by Gasteiger charge is -2.31. The van der Waals surface area contributed by atoms with Gasteiger partial charge < -0.3 is 78.7 Å². The van der Waals surface area contributed by atoms with E-state index in [1.807, 2.05) is 25.1 Å². The predicted octanol–water partition coefficient (Wildman–Crippen LogP) is -1.15. The second-order valence-corrected chi connectivity index (χ2v) is 23.4. The highest BCUT2D eigenvalue weighted by molar-refractivity contribution is 7.98. The van der Waals surface area contributed by atoms with Crippen LogP contribution < -0.4 is 58.7 Å². The Morgan fingerprint density at radius 3 is 1.95 bits per heavy atom. The lowest BCUT2D eigenvalue weighted by molar-refractivity contribution is -0.143. The smallest absolute Gasteiger partial charge is 0.305 e. The van der Waals surface area contributed by atoms with E-state index in [-0.39, 0.29) is 68.3 Å². The average molecular weight is 1230 g/mol. The third-order valence-corrected chi connectivity index (χ3v) is 16.5. The number of thioether (sulfide) groups is 2. The first-order chi connectivity index (χ1) is 40.4. The van der Waals surface area contributed by atoms with Crippen LogP contribution in [-0.2, 0) is 73.9 Å². The molecule has 14 N–H and O–H groups in total. The molecule has 1 aromatic rings. The Morgan fingerprint density at radius 1 is 0.706 bits per heavy atom. The van der Waals surface area contributed by atoms with Crippen molar-refractivity contribution in [2.75, 3.05) is 31.3 Å². The van der Waals surface area contributed by atoms with Gasteiger partial charge in [-0.2, -0.15) is 23.5 Å². The fourth-order valence-corrected chi connectivity index (χ4v) is 11.3. The van der Waals surface area contributed by atoms with Gasteiger partial charge in [0.2, 0.25) is 59.1 Å². The van der Waals surface area contributed by atoms with Crippen LogP contribution in [0.2, 0.25) is 0 Å². The molecule has 1 saturated heterocycles. The van der Waals surface area contributed by atoms with Gasteiger partial charge in [0.05, 0.1) is 19.1 Å². The van der Waals surface area contributed by atoms with E-state index in [1.165, 1.54) is 42.3 Å². The molecule has 3 aliphatic heterocycles. The Labute approximate surface area is 502 Å². The molecule has 0 radical (unpaired) electrons. The normalized spacial score (nSPS) is 26.9. The molecule has 11 amide bonds. The zero-order valence-corrected chi connectivity index (χ0v) is 50.4. The molecular weight excluding hydrogens is 1150 g/mol. The number of fused-ring (bicyclic) bond motifs is 6. The summed E-state index contributed by atoms with van der Waals surface area (Å²) in [7, 11) is 0. The van der Waals surface area contributed by atoms with E-state index in [1.54, 1.807) is 13.8 Å². The van der Waals surface area contributed by atoms with Crippen LogP contribution in [-0.4, -0.2) is 184 Å². The standard InChI is InChI=1S/C55H84N12O16S2/c1-6-8-14-36-49(75)62-38(24-44(71)72)51(77)65-45(30(3)7-2)53(79)59-31(4)48(74)66-46(32(5)68)54(80)63-39(47(57)73)28-84-26-33-21-34-23-35(22-33)82-19-11-9-10-12-20-83-58-25-43(70)60-37(16-17-42(56)69)50(76)64-40(29-85-27-34)55(81)67-18-13-15-41(67)52(78)61-36/h21-23,25,30-32,36-41,45-46,68H,6-20,24,26-29H2,1-5H3,(H2,56,69)(H2,57,73)(H,59,79)(H,60,70)(H,61,78)(H,62,75)(H,63,80)(H,64,76)(H,65,77)(H,66,74)(H,71,72)/b58-25+/t30-,31-,32+,36-,37-,38-,39-,40-,41-,45-,46-/m0/s1. The SMILES string of the molecule is CCCC[C@@H]1NC(=O)[C@@H]2CCCN2C(=O)[C@@H]2CSCc3cc(cc(c3)OCCCCCCO/N=C/C(=O)N[C@@H](CCC(N)=O)C(=O)N2)CSC[C@@H](C(N)=O)NC(=O)[C@H]([C@@H](C)O)NC(=O)[C@H](C)NC(=O)[C@H]([C@@H](C)CC)NC(=O)[C@H](CC(=O)O)NC1=O. The molecule has 0 aromatic heterocycles. The van der Waals surface area contributed by atoms with E-state index in [0.29, 0.717) is 50.0 Å². The van der Waals surface area contributed by atoms with Crippen molar-refractivity contribution in [1.29, 1.82) is 0 Å². The summed E-state index contributed by atoms with van der Waals surface area (Å²) < 4.78 is 6.22. The number of carboxylic acid groups (broad SMARTS) is 1. The van der Waals surface area contributed by atoms with E-state index >= 15 is 0 Å². The highest BCUT2D eigenvalue weighted by Gasteiger charge is 2.41. The van der Waals surface area contributed by atoms with Crippen LogP contribution in [0.4, 0.5) is 0 Å². The summed E-state index contributed by atoms with van der Waals surface area (Å²) in [5, 5.41) is 44.6. The number of hydrogen-bond acceptors (Lipinski definition) is 18. The monoisotopic (exact) mass is 1230 g/mol. The predicted molar refractivity (Wildman–Crippen MR) is 314 cm³/mol. The molecule has 1 fully saturated rings. The molecule has 28 nitrogen and oxygen atoms in total. The van der Waals surface area contributed by atoms with E-state index in [2.05, 4.69) is 47.7 Å². The Balaban J connectivity index is 1.82. The number of aliphatic carboxylic acids is 1. The van der Waals surface area contributed by atoms with Crippen molar-refractivity contribution >= 4 is 101 Å². The van der Waals surface area contributed by atoms with Crippen LogP contribution in [0.25, 0.3) is 0 Å². The first-order valence-corrected chi connectivity index (χ1v) is 31.0. The van der Waals surface area contributed by atoms with Gasteiger partial charge in [0.1, 0.15) is 72.9 Å². The molecule has 30 heteroatoms. The van der Waals surface area contributed by atoms with Crippen LogP contribution in [0.15, 0.2) is 23.4 Å². The Bertz CT molecular complexity index is 2560. The molecule has 472 valence electrons. The summed E-state index contributed by atoms with van der Waals surface area (Å²) in [5.41, 5.74) is 12.6. The number of carboxylic acids is 1. The van der Waals surface area contributed by atoms with Crippen molar-refractivity contribution in [3.05, 3.63) is 29.3 Å². The molecule has 0 aliphatic carbocycles. The average Bonchev–Trinajstić information content (AvgIpc) is 4.04. The second-order valence-electron chi connectivity index (χ2n) is 21.3. The summed E-state index contributed by atoms with van der Waals surface area (Å²) in [5.74, 6) is -11.1. The van der Waals surface area contributed by atoms with Gasteiger partial charge in [0.15, 0.2) is 0 Å². The van der Waals surface area contributed by atoms with E-state index in [9.17, 15) is 67.7 Å². The van der Waals surface area contributed by atoms with Crippen molar-refractivity contribution in [2.45, 2.75) is 190 Å². The zero-order chi connectivity index (χ0) is 62.8. The first-order valence-electron chi connectivity index (χ1n) is 28.7. The number of aliphatic hydroxyl groups excluding tert-OH is 1. The van der Waals surface area contributed by atoms with Gasteiger partial charge >= 0.3 is 5.97 Å². The Morgan fingerprint density at radius 2 is 1.32 bits per heavy atom. The van der Waals surface area contributed by atoms with Gasteiger partial charge in [-0.25, -0.2) is 0 Å². The van der Waals surface area contributed by atoms with Crippen molar-refractivity contribution in [3.8, 4) is 5.75 Å². The maximum Gasteiger partial charge on any atom is 0.305 e. The van der Waals surface area contributed by atoms with Gasteiger partial charge in [-0.15, -0.1) is 0 Å². The van der Waals surface area contributed by atoms with Crippen LogP contribution >= 0.6 is 23.5 Å². The van der Waals surface area contributed by atoms with Gasteiger partial charge in [-0.05, 0) is 94.4 Å². The van der Waals surface area contributed by atoms with Gasteiger partial charge in [-0.1, -0.05) is 51.3 Å². The third kappa shape index (κ3) is 23.6. The highest BCUT2D eigenvalue weighted by Crippen LogP contribution is 2.27. The Hall–Kier alpha value is -7.21. The fourth-order valence-electron chi connectivity index (χ4n) is 9.30. The quantitative estimate of drug-likeness (QED) is 0.118. The second kappa shape index (κ2) is 35.9. The summed E-state index contributed by atoms with van der Waals surface area (Å²) >= 11 is 2.45. The molecule has 3 aliphatic rings. The number of oxime groups is 1. The van der Waals surface area contributed by atoms with Gasteiger partial charge in [-0.3, -0.25) is 57.5 Å². The summed E-state index contributed by atoms with van der Waals surface area (Å²) in [6.45, 7) is 8.16. The number of ether oxygens (including phenoxy) is 1. The van der Waals surface area contributed by atoms with Crippen molar-refractivity contribution in [3.63, 3.8) is 0 Å².